The third-order valence-electron chi connectivity index (χ3n) is 3.28. The Labute approximate surface area is 103 Å². The van der Waals surface area contributed by atoms with Gasteiger partial charge in [0.05, 0.1) is 12.6 Å². The molecule has 2 atom stereocenters. The number of piperidine rings is 1. The maximum Gasteiger partial charge on any atom is 0.241 e. The van der Waals surface area contributed by atoms with Crippen LogP contribution in [0.15, 0.2) is 0 Å². The minimum atomic E-state index is -0.135. The number of carbonyl (C=O) groups excluding carboxylic acids is 2. The van der Waals surface area contributed by atoms with E-state index in [9.17, 15) is 9.59 Å². The maximum atomic E-state index is 12.2. The van der Waals surface area contributed by atoms with Gasteiger partial charge in [0.25, 0.3) is 0 Å². The van der Waals surface area contributed by atoms with Gasteiger partial charge in [0.1, 0.15) is 0 Å². The molecule has 98 valence electrons. The molecule has 2 unspecified atom stereocenters. The van der Waals surface area contributed by atoms with Gasteiger partial charge in [-0.05, 0) is 25.3 Å². The predicted octanol–water partition coefficient (Wildman–Crippen LogP) is -0.0789. The summed E-state index contributed by atoms with van der Waals surface area (Å²) in [5.41, 5.74) is 0. The highest BCUT2D eigenvalue weighted by Crippen LogP contribution is 2.16. The lowest BCUT2D eigenvalue weighted by Gasteiger charge is -2.32. The van der Waals surface area contributed by atoms with Crippen LogP contribution in [0.4, 0.5) is 0 Å². The Balaban J connectivity index is 2.53. The second-order valence-corrected chi connectivity index (χ2v) is 5.03. The Bertz CT molecular complexity index is 291. The van der Waals surface area contributed by atoms with E-state index >= 15 is 0 Å². The monoisotopic (exact) mass is 241 g/mol. The predicted molar refractivity (Wildman–Crippen MR) is 66.5 cm³/mol. The highest BCUT2D eigenvalue weighted by Gasteiger charge is 2.30. The van der Waals surface area contributed by atoms with Crippen LogP contribution >= 0.6 is 0 Å². The fourth-order valence-electron chi connectivity index (χ4n) is 2.04. The van der Waals surface area contributed by atoms with Gasteiger partial charge >= 0.3 is 0 Å². The van der Waals surface area contributed by atoms with E-state index in [1.54, 1.807) is 21.1 Å². The molecule has 1 heterocycles. The molecule has 5 heteroatoms. The van der Waals surface area contributed by atoms with Crippen molar-refractivity contribution >= 4 is 11.8 Å². The molecule has 0 aromatic heterocycles. The molecule has 17 heavy (non-hydrogen) atoms. The third kappa shape index (κ3) is 3.70. The van der Waals surface area contributed by atoms with Crippen LogP contribution in [-0.4, -0.2) is 61.9 Å². The van der Waals surface area contributed by atoms with Crippen molar-refractivity contribution in [2.45, 2.75) is 25.8 Å². The highest BCUT2D eigenvalue weighted by molar-refractivity contribution is 5.87. The molecule has 0 spiro atoms. The fraction of sp³-hybridized carbons (Fsp3) is 0.833. The number of amides is 2. The van der Waals surface area contributed by atoms with E-state index in [-0.39, 0.29) is 24.4 Å². The van der Waals surface area contributed by atoms with E-state index in [0.29, 0.717) is 5.92 Å². The third-order valence-corrected chi connectivity index (χ3v) is 3.28. The van der Waals surface area contributed by atoms with Gasteiger partial charge in [-0.15, -0.1) is 0 Å². The summed E-state index contributed by atoms with van der Waals surface area (Å²) in [7, 11) is 5.08. The van der Waals surface area contributed by atoms with Crippen LogP contribution < -0.4 is 5.32 Å². The average Bonchev–Trinajstić information content (AvgIpc) is 2.28. The molecule has 0 aromatic carbocycles. The van der Waals surface area contributed by atoms with E-state index in [0.717, 1.165) is 19.4 Å². The van der Waals surface area contributed by atoms with Crippen molar-refractivity contribution < 1.29 is 9.59 Å². The minimum absolute atomic E-state index is 0.0207. The molecule has 0 bridgehead atoms. The number of nitrogens with zero attached hydrogens (tertiary/aromatic N) is 2. The number of hydrogen-bond donors (Lipinski definition) is 1. The van der Waals surface area contributed by atoms with Crippen molar-refractivity contribution in [3.63, 3.8) is 0 Å². The molecule has 1 aliphatic rings. The van der Waals surface area contributed by atoms with Gasteiger partial charge in [-0.25, -0.2) is 0 Å². The number of likely N-dealkylation sites (N-methyl/N-ethyl adjacent to an activating group) is 2. The molecule has 1 rings (SSSR count). The first-order valence-electron chi connectivity index (χ1n) is 6.12. The van der Waals surface area contributed by atoms with Gasteiger partial charge < -0.3 is 15.1 Å². The average molecular weight is 241 g/mol. The zero-order valence-corrected chi connectivity index (χ0v) is 11.2. The molecule has 2 amide bonds. The zero-order chi connectivity index (χ0) is 13.0. The second kappa shape index (κ2) is 6.00. The van der Waals surface area contributed by atoms with Gasteiger partial charge in [-0.1, -0.05) is 6.92 Å². The van der Waals surface area contributed by atoms with Gasteiger partial charge in [-0.3, -0.25) is 9.59 Å². The van der Waals surface area contributed by atoms with Crippen LogP contribution in [0.3, 0.4) is 0 Å². The first-order valence-corrected chi connectivity index (χ1v) is 6.12. The fourth-order valence-corrected chi connectivity index (χ4v) is 2.04. The number of hydrogen-bond acceptors (Lipinski definition) is 3. The molecule has 0 radical (unpaired) electrons. The molecule has 1 fully saturated rings. The van der Waals surface area contributed by atoms with E-state index in [1.165, 1.54) is 9.80 Å². The smallest absolute Gasteiger partial charge is 0.241 e. The molecule has 0 saturated carbocycles. The second-order valence-electron chi connectivity index (χ2n) is 5.03. The summed E-state index contributed by atoms with van der Waals surface area (Å²) in [5, 5.41) is 3.24. The molecule has 0 aliphatic carbocycles. The summed E-state index contributed by atoms with van der Waals surface area (Å²) in [4.78, 5) is 26.7. The Morgan fingerprint density at radius 3 is 2.47 bits per heavy atom. The largest absolute Gasteiger partial charge is 0.347 e. The molecular weight excluding hydrogens is 218 g/mol. The van der Waals surface area contributed by atoms with Crippen LogP contribution in [0.2, 0.25) is 0 Å². The zero-order valence-electron chi connectivity index (χ0n) is 11.2. The van der Waals surface area contributed by atoms with Crippen LogP contribution in [0.5, 0.6) is 0 Å². The molecule has 0 aromatic rings. The van der Waals surface area contributed by atoms with Gasteiger partial charge in [0.2, 0.25) is 11.8 Å². The lowest BCUT2D eigenvalue weighted by atomic mass is 9.92. The van der Waals surface area contributed by atoms with Crippen molar-refractivity contribution in [3.05, 3.63) is 0 Å². The lowest BCUT2D eigenvalue weighted by molar-refractivity contribution is -0.140. The van der Waals surface area contributed by atoms with E-state index in [1.807, 2.05) is 0 Å². The van der Waals surface area contributed by atoms with Crippen molar-refractivity contribution in [3.8, 4) is 0 Å². The van der Waals surface area contributed by atoms with E-state index in [4.69, 9.17) is 0 Å². The minimum Gasteiger partial charge on any atom is -0.347 e. The number of rotatable bonds is 3. The Kier molecular flexibility index (Phi) is 4.93. The highest BCUT2D eigenvalue weighted by atomic mass is 16.2. The lowest BCUT2D eigenvalue weighted by Crippen LogP contribution is -2.52. The van der Waals surface area contributed by atoms with Crippen LogP contribution in [0, 0.1) is 5.92 Å². The van der Waals surface area contributed by atoms with Crippen LogP contribution in [0.25, 0.3) is 0 Å². The van der Waals surface area contributed by atoms with Crippen molar-refractivity contribution in [1.82, 2.24) is 15.1 Å². The SMILES string of the molecule is CC1CCCNC1C(=O)N(C)CC(=O)N(C)C. The molecular formula is C12H23N3O2. The Hall–Kier alpha value is -1.10. The maximum absolute atomic E-state index is 12.2. The molecule has 1 saturated heterocycles. The summed E-state index contributed by atoms with van der Waals surface area (Å²) in [5.74, 6) is 0.310. The Morgan fingerprint density at radius 2 is 1.94 bits per heavy atom. The first kappa shape index (κ1) is 14.0. The van der Waals surface area contributed by atoms with Gasteiger partial charge in [-0.2, -0.15) is 0 Å². The standard InChI is InChI=1S/C12H23N3O2/c1-9-6-5-7-13-11(9)12(17)15(4)8-10(16)14(2)3/h9,11,13H,5-8H2,1-4H3. The van der Waals surface area contributed by atoms with Gasteiger partial charge in [0.15, 0.2) is 0 Å². The molecule has 1 aliphatic heterocycles. The number of carbonyl (C=O) groups is 2. The summed E-state index contributed by atoms with van der Waals surface area (Å²) in [6, 6.07) is -0.135. The van der Waals surface area contributed by atoms with E-state index in [2.05, 4.69) is 12.2 Å². The molecule has 1 N–H and O–H groups in total. The Morgan fingerprint density at radius 1 is 1.29 bits per heavy atom. The first-order chi connectivity index (χ1) is 7.93. The van der Waals surface area contributed by atoms with E-state index < -0.39 is 0 Å². The summed E-state index contributed by atoms with van der Waals surface area (Å²) < 4.78 is 0. The van der Waals surface area contributed by atoms with Crippen LogP contribution in [0.1, 0.15) is 19.8 Å². The summed E-state index contributed by atoms with van der Waals surface area (Å²) in [6.07, 6.45) is 2.18. The van der Waals surface area contributed by atoms with Gasteiger partial charge in [0, 0.05) is 21.1 Å². The molecule has 5 nitrogen and oxygen atoms in total. The quantitative estimate of drug-likeness (QED) is 0.752. The summed E-state index contributed by atoms with van der Waals surface area (Å²) in [6.45, 7) is 3.11. The van der Waals surface area contributed by atoms with Crippen LogP contribution in [-0.2, 0) is 9.59 Å². The topological polar surface area (TPSA) is 52.7 Å². The number of nitrogens with one attached hydrogen (secondary N) is 1. The summed E-state index contributed by atoms with van der Waals surface area (Å²) >= 11 is 0. The van der Waals surface area contributed by atoms with Crippen molar-refractivity contribution in [2.24, 2.45) is 5.92 Å². The van der Waals surface area contributed by atoms with Crippen molar-refractivity contribution in [2.75, 3.05) is 34.2 Å². The van der Waals surface area contributed by atoms with Crippen molar-refractivity contribution in [1.29, 1.82) is 0 Å². The normalized spacial score (nSPS) is 24.2.